The number of nitrogens with one attached hydrogen (secondary N) is 1. The largest absolute Gasteiger partial charge is 0.492 e. The number of carbonyl (C=O) groups is 1. The average molecular weight is 389 g/mol. The Balaban J connectivity index is 1.33. The first-order valence-electron chi connectivity index (χ1n) is 10.5. The first-order chi connectivity index (χ1) is 14.2. The molecule has 0 aromatic heterocycles. The van der Waals surface area contributed by atoms with Crippen LogP contribution >= 0.6 is 0 Å². The number of rotatable bonds is 6. The third kappa shape index (κ3) is 4.60. The molecule has 5 nitrogen and oxygen atoms in total. The van der Waals surface area contributed by atoms with Gasteiger partial charge in [0.15, 0.2) is 0 Å². The molecule has 2 aliphatic heterocycles. The normalized spacial score (nSPS) is 23.7. The number of hydrogen-bond donors (Lipinski definition) is 1. The zero-order valence-corrected chi connectivity index (χ0v) is 16.6. The topological polar surface area (TPSA) is 65.4 Å². The van der Waals surface area contributed by atoms with Crippen LogP contribution in [0, 0.1) is 11.3 Å². The fourth-order valence-corrected chi connectivity index (χ4v) is 4.31. The minimum atomic E-state index is -0.260. The van der Waals surface area contributed by atoms with Crippen LogP contribution in [-0.4, -0.2) is 42.1 Å². The second-order valence-electron chi connectivity index (χ2n) is 7.89. The van der Waals surface area contributed by atoms with Crippen LogP contribution in [0.5, 0.6) is 5.75 Å². The Labute approximate surface area is 172 Å². The maximum Gasteiger partial charge on any atom is 0.240 e. The molecule has 0 bridgehead atoms. The van der Waals surface area contributed by atoms with Gasteiger partial charge in [-0.15, -0.1) is 0 Å². The molecule has 3 atom stereocenters. The maximum atomic E-state index is 12.8. The van der Waals surface area contributed by atoms with E-state index in [4.69, 9.17) is 4.74 Å². The molecule has 5 heteroatoms. The molecular formula is C24H27N3O2. The Bertz CT molecular complexity index is 877. The maximum absolute atomic E-state index is 12.8. The van der Waals surface area contributed by atoms with E-state index < -0.39 is 0 Å². The SMILES string of the molecule is N#C[C@@H]1CCCN1C(=O)[C@@H]1CC[C@H](COc2ccccc2Cc2ccccc2)N1. The van der Waals surface area contributed by atoms with Gasteiger partial charge in [0.2, 0.25) is 5.91 Å². The molecule has 0 aliphatic carbocycles. The van der Waals surface area contributed by atoms with Crippen LogP contribution in [0.25, 0.3) is 0 Å². The lowest BCUT2D eigenvalue weighted by molar-refractivity contribution is -0.133. The minimum absolute atomic E-state index is 0.0704. The summed E-state index contributed by atoms with van der Waals surface area (Å²) in [7, 11) is 0. The molecule has 2 aromatic carbocycles. The Hall–Kier alpha value is -2.84. The summed E-state index contributed by atoms with van der Waals surface area (Å²) in [6, 6.07) is 20.5. The van der Waals surface area contributed by atoms with E-state index in [0.29, 0.717) is 13.2 Å². The first-order valence-corrected chi connectivity index (χ1v) is 10.5. The third-order valence-corrected chi connectivity index (χ3v) is 5.87. The molecule has 0 spiro atoms. The summed E-state index contributed by atoms with van der Waals surface area (Å²) >= 11 is 0. The van der Waals surface area contributed by atoms with E-state index in [0.717, 1.165) is 37.9 Å². The van der Waals surface area contributed by atoms with Crippen molar-refractivity contribution in [1.29, 1.82) is 5.26 Å². The number of nitrogens with zero attached hydrogens (tertiary/aromatic N) is 2. The zero-order valence-electron chi connectivity index (χ0n) is 16.6. The van der Waals surface area contributed by atoms with Gasteiger partial charge in [0.05, 0.1) is 12.1 Å². The van der Waals surface area contributed by atoms with Gasteiger partial charge in [0, 0.05) is 19.0 Å². The number of amides is 1. The molecule has 0 unspecified atom stereocenters. The smallest absolute Gasteiger partial charge is 0.240 e. The van der Waals surface area contributed by atoms with Gasteiger partial charge in [0.1, 0.15) is 18.4 Å². The summed E-state index contributed by atoms with van der Waals surface area (Å²) in [4.78, 5) is 14.5. The molecule has 2 aromatic rings. The van der Waals surface area contributed by atoms with E-state index in [1.807, 2.05) is 24.3 Å². The van der Waals surface area contributed by atoms with Gasteiger partial charge < -0.3 is 9.64 Å². The highest BCUT2D eigenvalue weighted by Gasteiger charge is 2.36. The molecule has 4 rings (SSSR count). The molecule has 2 saturated heterocycles. The molecule has 0 saturated carbocycles. The molecule has 1 amide bonds. The van der Waals surface area contributed by atoms with Crippen molar-refractivity contribution in [2.75, 3.05) is 13.2 Å². The van der Waals surface area contributed by atoms with Crippen LogP contribution in [0.4, 0.5) is 0 Å². The minimum Gasteiger partial charge on any atom is -0.492 e. The van der Waals surface area contributed by atoms with Crippen LogP contribution in [-0.2, 0) is 11.2 Å². The number of ether oxygens (including phenoxy) is 1. The average Bonchev–Trinajstić information content (AvgIpc) is 3.43. The van der Waals surface area contributed by atoms with Crippen LogP contribution in [0.15, 0.2) is 54.6 Å². The zero-order chi connectivity index (χ0) is 20.1. The summed E-state index contributed by atoms with van der Waals surface area (Å²) < 4.78 is 6.15. The predicted molar refractivity (Wildman–Crippen MR) is 111 cm³/mol. The van der Waals surface area contributed by atoms with Crippen molar-refractivity contribution in [3.63, 3.8) is 0 Å². The number of carbonyl (C=O) groups excluding carboxylic acids is 1. The van der Waals surface area contributed by atoms with Gasteiger partial charge in [-0.3, -0.25) is 10.1 Å². The second-order valence-corrected chi connectivity index (χ2v) is 7.89. The van der Waals surface area contributed by atoms with Gasteiger partial charge in [0.25, 0.3) is 0 Å². The lowest BCUT2D eigenvalue weighted by atomic mass is 10.0. The molecule has 1 N–H and O–H groups in total. The fraction of sp³-hybridized carbons (Fsp3) is 0.417. The van der Waals surface area contributed by atoms with Crippen LogP contribution in [0.1, 0.15) is 36.8 Å². The quantitative estimate of drug-likeness (QED) is 0.823. The van der Waals surface area contributed by atoms with Crippen molar-refractivity contribution < 1.29 is 9.53 Å². The van der Waals surface area contributed by atoms with E-state index in [1.165, 1.54) is 11.1 Å². The van der Waals surface area contributed by atoms with Gasteiger partial charge in [-0.25, -0.2) is 0 Å². The molecule has 0 radical (unpaired) electrons. The second kappa shape index (κ2) is 9.11. The Kier molecular flexibility index (Phi) is 6.12. The van der Waals surface area contributed by atoms with Crippen molar-refractivity contribution >= 4 is 5.91 Å². The summed E-state index contributed by atoms with van der Waals surface area (Å²) in [6.07, 6.45) is 4.25. The summed E-state index contributed by atoms with van der Waals surface area (Å²) in [6.45, 7) is 1.24. The molecule has 2 aliphatic rings. The Morgan fingerprint density at radius 2 is 1.90 bits per heavy atom. The van der Waals surface area contributed by atoms with E-state index in [1.54, 1.807) is 4.90 Å². The van der Waals surface area contributed by atoms with Gasteiger partial charge in [-0.1, -0.05) is 48.5 Å². The van der Waals surface area contributed by atoms with Crippen molar-refractivity contribution in [2.45, 2.75) is 50.2 Å². The number of nitriles is 1. The number of para-hydroxylation sites is 1. The van der Waals surface area contributed by atoms with Crippen LogP contribution < -0.4 is 10.1 Å². The summed E-state index contributed by atoms with van der Waals surface area (Å²) in [5.74, 6) is 0.970. The number of hydrogen-bond acceptors (Lipinski definition) is 4. The van der Waals surface area contributed by atoms with Crippen LogP contribution in [0.3, 0.4) is 0 Å². The molecule has 29 heavy (non-hydrogen) atoms. The van der Waals surface area contributed by atoms with Crippen molar-refractivity contribution in [3.8, 4) is 11.8 Å². The Morgan fingerprint density at radius 1 is 1.10 bits per heavy atom. The standard InChI is InChI=1S/C24H27N3O2/c25-16-21-10-6-14-27(21)24(28)22-13-12-20(26-22)17-29-23-11-5-4-9-19(23)15-18-7-2-1-3-8-18/h1-5,7-9,11,20-22,26H,6,10,12-15,17H2/t20-,21+,22+/m1/s1. The summed E-state index contributed by atoms with van der Waals surface area (Å²) in [5, 5.41) is 12.7. The van der Waals surface area contributed by atoms with Gasteiger partial charge >= 0.3 is 0 Å². The molecular weight excluding hydrogens is 362 g/mol. The first kappa shape index (κ1) is 19.5. The van der Waals surface area contributed by atoms with E-state index in [9.17, 15) is 10.1 Å². The number of likely N-dealkylation sites (tertiary alicyclic amines) is 1. The number of benzene rings is 2. The monoisotopic (exact) mass is 389 g/mol. The predicted octanol–water partition coefficient (Wildman–Crippen LogP) is 3.29. The van der Waals surface area contributed by atoms with Gasteiger partial charge in [-0.2, -0.15) is 5.26 Å². The molecule has 150 valence electrons. The van der Waals surface area contributed by atoms with Crippen LogP contribution in [0.2, 0.25) is 0 Å². The van der Waals surface area contributed by atoms with Gasteiger partial charge in [-0.05, 0) is 42.9 Å². The third-order valence-electron chi connectivity index (χ3n) is 5.87. The fourth-order valence-electron chi connectivity index (χ4n) is 4.31. The van der Waals surface area contributed by atoms with Crippen molar-refractivity contribution in [2.24, 2.45) is 0 Å². The van der Waals surface area contributed by atoms with E-state index in [2.05, 4.69) is 41.7 Å². The van der Waals surface area contributed by atoms with Crippen molar-refractivity contribution in [3.05, 3.63) is 65.7 Å². The molecule has 2 fully saturated rings. The highest BCUT2D eigenvalue weighted by Crippen LogP contribution is 2.24. The summed E-state index contributed by atoms with van der Waals surface area (Å²) in [5.41, 5.74) is 2.42. The lowest BCUT2D eigenvalue weighted by Crippen LogP contribution is -2.47. The Morgan fingerprint density at radius 3 is 2.72 bits per heavy atom. The molecule has 2 heterocycles. The van der Waals surface area contributed by atoms with E-state index >= 15 is 0 Å². The lowest BCUT2D eigenvalue weighted by Gasteiger charge is -2.24. The highest BCUT2D eigenvalue weighted by molar-refractivity contribution is 5.83. The van der Waals surface area contributed by atoms with E-state index in [-0.39, 0.29) is 24.0 Å². The highest BCUT2D eigenvalue weighted by atomic mass is 16.5. The van der Waals surface area contributed by atoms with Crippen molar-refractivity contribution in [1.82, 2.24) is 10.2 Å².